The number of aryl methyl sites for hydroxylation is 1. The molecule has 1 unspecified atom stereocenters. The van der Waals surface area contributed by atoms with E-state index in [1.54, 1.807) is 0 Å². The number of nitrogens with one attached hydrogen (secondary N) is 1. The summed E-state index contributed by atoms with van der Waals surface area (Å²) in [6.07, 6.45) is 9.19. The van der Waals surface area contributed by atoms with E-state index in [0.717, 1.165) is 12.3 Å². The van der Waals surface area contributed by atoms with Crippen LogP contribution in [-0.4, -0.2) is 11.1 Å². The zero-order chi connectivity index (χ0) is 13.2. The molecule has 19 heavy (non-hydrogen) atoms. The van der Waals surface area contributed by atoms with E-state index in [9.17, 15) is 5.11 Å². The maximum absolute atomic E-state index is 9.72. The summed E-state index contributed by atoms with van der Waals surface area (Å²) in [6.45, 7) is 2.34. The summed E-state index contributed by atoms with van der Waals surface area (Å²) in [4.78, 5) is 0. The lowest BCUT2D eigenvalue weighted by Gasteiger charge is -2.31. The smallest absolute Gasteiger partial charge is 0.115 e. The van der Waals surface area contributed by atoms with Crippen LogP contribution >= 0.6 is 0 Å². The van der Waals surface area contributed by atoms with Gasteiger partial charge in [0.1, 0.15) is 5.75 Å². The summed E-state index contributed by atoms with van der Waals surface area (Å²) in [5.74, 6) is 1.25. The van der Waals surface area contributed by atoms with Gasteiger partial charge in [0.2, 0.25) is 0 Å². The predicted octanol–water partition coefficient (Wildman–Crippen LogP) is 3.94. The minimum Gasteiger partial charge on any atom is -0.508 e. The molecule has 0 aliphatic heterocycles. The minimum absolute atomic E-state index is 0.404. The highest BCUT2D eigenvalue weighted by Crippen LogP contribution is 2.34. The molecule has 2 aliphatic carbocycles. The van der Waals surface area contributed by atoms with Gasteiger partial charge in [0.15, 0.2) is 0 Å². The van der Waals surface area contributed by atoms with E-state index in [2.05, 4.69) is 18.3 Å². The quantitative estimate of drug-likeness (QED) is 0.861. The molecule has 2 nitrogen and oxygen atoms in total. The lowest BCUT2D eigenvalue weighted by Crippen LogP contribution is -2.36. The average Bonchev–Trinajstić information content (AvgIpc) is 2.93. The number of hydrogen-bond acceptors (Lipinski definition) is 2. The van der Waals surface area contributed by atoms with E-state index in [4.69, 9.17) is 0 Å². The number of benzene rings is 1. The Balaban J connectivity index is 1.73. The second kappa shape index (κ2) is 5.54. The van der Waals surface area contributed by atoms with Gasteiger partial charge in [0.25, 0.3) is 0 Å². The van der Waals surface area contributed by atoms with Gasteiger partial charge in [-0.15, -0.1) is 0 Å². The lowest BCUT2D eigenvalue weighted by molar-refractivity contribution is 0.324. The summed E-state index contributed by atoms with van der Waals surface area (Å²) in [5.41, 5.74) is 2.75. The number of hydrogen-bond donors (Lipinski definition) is 2. The Bertz CT molecular complexity index is 437. The Labute approximate surface area is 116 Å². The molecule has 2 atom stereocenters. The van der Waals surface area contributed by atoms with E-state index in [1.807, 2.05) is 12.1 Å². The highest BCUT2D eigenvalue weighted by molar-refractivity contribution is 5.38. The predicted molar refractivity (Wildman–Crippen MR) is 78.3 cm³/mol. The zero-order valence-corrected chi connectivity index (χ0v) is 11.9. The van der Waals surface area contributed by atoms with Gasteiger partial charge in [-0.3, -0.25) is 0 Å². The maximum Gasteiger partial charge on any atom is 0.115 e. The van der Waals surface area contributed by atoms with Crippen molar-refractivity contribution in [3.63, 3.8) is 0 Å². The van der Waals surface area contributed by atoms with E-state index in [-0.39, 0.29) is 0 Å². The van der Waals surface area contributed by atoms with Crippen LogP contribution in [0.1, 0.15) is 62.6 Å². The van der Waals surface area contributed by atoms with Gasteiger partial charge in [-0.25, -0.2) is 0 Å². The van der Waals surface area contributed by atoms with E-state index >= 15 is 0 Å². The van der Waals surface area contributed by atoms with E-state index in [0.29, 0.717) is 17.8 Å². The van der Waals surface area contributed by atoms with E-state index < -0.39 is 0 Å². The van der Waals surface area contributed by atoms with Crippen molar-refractivity contribution >= 4 is 0 Å². The van der Waals surface area contributed by atoms with Crippen LogP contribution in [0.3, 0.4) is 0 Å². The second-order valence-electron chi connectivity index (χ2n) is 6.33. The van der Waals surface area contributed by atoms with Crippen molar-refractivity contribution in [3.05, 3.63) is 29.3 Å². The van der Waals surface area contributed by atoms with Gasteiger partial charge >= 0.3 is 0 Å². The molecule has 0 bridgehead atoms. The fourth-order valence-corrected chi connectivity index (χ4v) is 3.87. The summed E-state index contributed by atoms with van der Waals surface area (Å²) < 4.78 is 0. The molecule has 0 heterocycles. The SMILES string of the molecule is C[C@@H](NC1CCCc2ccc(O)cc21)C1CCCC1. The van der Waals surface area contributed by atoms with Crippen molar-refractivity contribution in [2.24, 2.45) is 5.92 Å². The minimum atomic E-state index is 0.404. The van der Waals surface area contributed by atoms with Crippen molar-refractivity contribution in [1.29, 1.82) is 0 Å². The average molecular weight is 259 g/mol. The molecule has 0 amide bonds. The molecule has 1 fully saturated rings. The Hall–Kier alpha value is -1.02. The first-order valence-electron chi connectivity index (χ1n) is 7.82. The number of fused-ring (bicyclic) bond motifs is 1. The van der Waals surface area contributed by atoms with Crippen molar-refractivity contribution in [3.8, 4) is 5.75 Å². The molecule has 0 radical (unpaired) electrons. The first-order valence-corrected chi connectivity index (χ1v) is 7.82. The maximum atomic E-state index is 9.72. The largest absolute Gasteiger partial charge is 0.508 e. The molecule has 3 rings (SSSR count). The Morgan fingerprint density at radius 1 is 1.16 bits per heavy atom. The summed E-state index contributed by atoms with van der Waals surface area (Å²) >= 11 is 0. The fraction of sp³-hybridized carbons (Fsp3) is 0.647. The molecule has 1 aromatic rings. The molecule has 2 N–H and O–H groups in total. The fourth-order valence-electron chi connectivity index (χ4n) is 3.87. The first-order chi connectivity index (χ1) is 9.24. The summed E-state index contributed by atoms with van der Waals surface area (Å²) in [5, 5.41) is 13.6. The molecule has 2 heteroatoms. The van der Waals surface area contributed by atoms with Gasteiger partial charge in [-0.05, 0) is 68.2 Å². The van der Waals surface area contributed by atoms with Crippen LogP contribution in [0, 0.1) is 5.92 Å². The third kappa shape index (κ3) is 2.79. The van der Waals surface area contributed by atoms with Crippen LogP contribution in [-0.2, 0) is 6.42 Å². The lowest BCUT2D eigenvalue weighted by atomic mass is 9.86. The molecule has 1 saturated carbocycles. The first kappa shape index (κ1) is 13.0. The van der Waals surface area contributed by atoms with E-state index in [1.165, 1.54) is 49.7 Å². The van der Waals surface area contributed by atoms with Gasteiger partial charge in [0.05, 0.1) is 0 Å². The molecular weight excluding hydrogens is 234 g/mol. The topological polar surface area (TPSA) is 32.3 Å². The van der Waals surface area contributed by atoms with Gasteiger partial charge in [-0.1, -0.05) is 18.9 Å². The Morgan fingerprint density at radius 3 is 2.74 bits per heavy atom. The van der Waals surface area contributed by atoms with Crippen molar-refractivity contribution in [2.45, 2.75) is 64.0 Å². The van der Waals surface area contributed by atoms with Gasteiger partial charge in [-0.2, -0.15) is 0 Å². The van der Waals surface area contributed by atoms with Crippen LogP contribution in [0.5, 0.6) is 5.75 Å². The second-order valence-corrected chi connectivity index (χ2v) is 6.33. The Morgan fingerprint density at radius 2 is 1.95 bits per heavy atom. The molecule has 0 saturated heterocycles. The number of phenols is 1. The monoisotopic (exact) mass is 259 g/mol. The number of aromatic hydroxyl groups is 1. The van der Waals surface area contributed by atoms with Crippen LogP contribution < -0.4 is 5.32 Å². The van der Waals surface area contributed by atoms with Gasteiger partial charge < -0.3 is 10.4 Å². The van der Waals surface area contributed by atoms with Crippen molar-refractivity contribution < 1.29 is 5.11 Å². The Kier molecular flexibility index (Phi) is 3.79. The van der Waals surface area contributed by atoms with Gasteiger partial charge in [0, 0.05) is 12.1 Å². The number of phenolic OH excluding ortho intramolecular Hbond substituents is 1. The molecule has 0 spiro atoms. The highest BCUT2D eigenvalue weighted by Gasteiger charge is 2.26. The number of rotatable bonds is 3. The summed E-state index contributed by atoms with van der Waals surface area (Å²) in [7, 11) is 0. The third-order valence-electron chi connectivity index (χ3n) is 5.01. The molecule has 1 aromatic carbocycles. The molecule has 0 aromatic heterocycles. The van der Waals surface area contributed by atoms with Crippen LogP contribution in [0.2, 0.25) is 0 Å². The van der Waals surface area contributed by atoms with Crippen molar-refractivity contribution in [1.82, 2.24) is 5.32 Å². The normalized spacial score (nSPS) is 25.2. The molecule has 104 valence electrons. The van der Waals surface area contributed by atoms with Crippen LogP contribution in [0.15, 0.2) is 18.2 Å². The molecular formula is C17H25NO. The standard InChI is InChI=1S/C17H25NO/c1-12(13-5-2-3-6-13)18-17-8-4-7-14-9-10-15(19)11-16(14)17/h9-13,17-19H,2-8H2,1H3/t12-,17?/m1/s1. The molecule has 2 aliphatic rings. The van der Waals surface area contributed by atoms with Crippen LogP contribution in [0.4, 0.5) is 0 Å². The summed E-state index contributed by atoms with van der Waals surface area (Å²) in [6, 6.07) is 6.92. The van der Waals surface area contributed by atoms with Crippen molar-refractivity contribution in [2.75, 3.05) is 0 Å². The highest BCUT2D eigenvalue weighted by atomic mass is 16.3. The zero-order valence-electron chi connectivity index (χ0n) is 11.9. The van der Waals surface area contributed by atoms with Crippen LogP contribution in [0.25, 0.3) is 0 Å². The third-order valence-corrected chi connectivity index (χ3v) is 5.01.